The van der Waals surface area contributed by atoms with Crippen LogP contribution in [0.5, 0.6) is 17.2 Å². The van der Waals surface area contributed by atoms with E-state index in [9.17, 15) is 0 Å². The molecule has 0 amide bonds. The quantitative estimate of drug-likeness (QED) is 0.402. The first-order chi connectivity index (χ1) is 14.1. The van der Waals surface area contributed by atoms with Gasteiger partial charge in [0, 0.05) is 10.9 Å². The Balaban J connectivity index is 1.64. The van der Waals surface area contributed by atoms with Crippen LogP contribution in [0.15, 0.2) is 59.0 Å². The van der Waals surface area contributed by atoms with E-state index >= 15 is 0 Å². The molecule has 1 heterocycles. The van der Waals surface area contributed by atoms with Crippen LogP contribution in [-0.2, 0) is 0 Å². The highest BCUT2D eigenvalue weighted by atomic mass is 32.1. The molecule has 150 valence electrons. The van der Waals surface area contributed by atoms with Gasteiger partial charge in [0.25, 0.3) is 0 Å². The summed E-state index contributed by atoms with van der Waals surface area (Å²) in [5.74, 6) is 2.22. The van der Waals surface area contributed by atoms with Gasteiger partial charge in [-0.25, -0.2) is 4.98 Å². The molecule has 7 heteroatoms. The van der Waals surface area contributed by atoms with Crippen LogP contribution in [0.4, 0.5) is 5.13 Å². The van der Waals surface area contributed by atoms with Crippen molar-refractivity contribution in [3.8, 4) is 28.5 Å². The number of hydrogen-bond acceptors (Lipinski definition) is 7. The molecule has 29 heavy (non-hydrogen) atoms. The zero-order chi connectivity index (χ0) is 20.6. The summed E-state index contributed by atoms with van der Waals surface area (Å²) in [6.45, 7) is 1.92. The number of hydrogen-bond donors (Lipinski definition) is 1. The van der Waals surface area contributed by atoms with Crippen molar-refractivity contribution in [2.24, 2.45) is 5.10 Å². The molecule has 1 aromatic heterocycles. The highest BCUT2D eigenvalue weighted by molar-refractivity contribution is 7.14. The molecule has 0 aliphatic rings. The maximum Gasteiger partial charge on any atom is 0.203 e. The summed E-state index contributed by atoms with van der Waals surface area (Å²) in [6, 6.07) is 13.6. The van der Waals surface area contributed by atoms with E-state index in [1.807, 2.05) is 66.9 Å². The van der Waals surface area contributed by atoms with Crippen molar-refractivity contribution >= 4 is 28.3 Å². The van der Waals surface area contributed by atoms with Crippen LogP contribution in [0.2, 0.25) is 0 Å². The van der Waals surface area contributed by atoms with Crippen LogP contribution in [-0.4, -0.2) is 32.0 Å². The summed E-state index contributed by atoms with van der Waals surface area (Å²) in [5, 5.41) is 7.10. The predicted molar refractivity (Wildman–Crippen MR) is 119 cm³/mol. The third-order valence-corrected chi connectivity index (χ3v) is 4.89. The molecule has 0 aliphatic carbocycles. The molecule has 0 unspecified atom stereocenters. The van der Waals surface area contributed by atoms with Gasteiger partial charge in [-0.2, -0.15) is 5.10 Å². The van der Waals surface area contributed by atoms with Gasteiger partial charge in [-0.15, -0.1) is 11.3 Å². The highest BCUT2D eigenvalue weighted by Gasteiger charge is 2.05. The standard InChI is InChI=1S/C22H23N3O3S/c1-15(5-6-16-7-12-20(27-3)21(13-16)28-4)24-25-22-23-19(14-29-22)17-8-10-18(26-2)11-9-17/h5-14H,1-4H3,(H,23,25)/b6-5+,24-15+. The second kappa shape index (κ2) is 9.75. The van der Waals surface area contributed by atoms with Crippen LogP contribution < -0.4 is 19.6 Å². The minimum Gasteiger partial charge on any atom is -0.497 e. The number of hydrazone groups is 1. The van der Waals surface area contributed by atoms with Gasteiger partial charge in [0.1, 0.15) is 5.75 Å². The summed E-state index contributed by atoms with van der Waals surface area (Å²) in [6.07, 6.45) is 3.89. The summed E-state index contributed by atoms with van der Waals surface area (Å²) < 4.78 is 15.8. The van der Waals surface area contributed by atoms with Crippen molar-refractivity contribution in [2.45, 2.75) is 6.92 Å². The molecule has 0 saturated heterocycles. The monoisotopic (exact) mass is 409 g/mol. The van der Waals surface area contributed by atoms with Gasteiger partial charge in [-0.1, -0.05) is 12.1 Å². The topological polar surface area (TPSA) is 65.0 Å². The van der Waals surface area contributed by atoms with Gasteiger partial charge in [0.05, 0.1) is 32.7 Å². The number of methoxy groups -OCH3 is 3. The third kappa shape index (κ3) is 5.36. The number of aromatic nitrogens is 1. The van der Waals surface area contributed by atoms with Gasteiger partial charge >= 0.3 is 0 Å². The first-order valence-corrected chi connectivity index (χ1v) is 9.81. The molecule has 0 spiro atoms. The molecule has 1 N–H and O–H groups in total. The number of benzene rings is 2. The summed E-state index contributed by atoms with van der Waals surface area (Å²) in [5.41, 5.74) is 6.75. The normalized spacial score (nSPS) is 11.5. The number of rotatable bonds is 8. The molecule has 3 rings (SSSR count). The van der Waals surface area contributed by atoms with Gasteiger partial charge < -0.3 is 14.2 Å². The van der Waals surface area contributed by atoms with E-state index < -0.39 is 0 Å². The number of anilines is 1. The maximum atomic E-state index is 5.33. The number of allylic oxidation sites excluding steroid dienone is 1. The van der Waals surface area contributed by atoms with E-state index in [1.54, 1.807) is 21.3 Å². The lowest BCUT2D eigenvalue weighted by molar-refractivity contribution is 0.355. The fourth-order valence-corrected chi connectivity index (χ4v) is 3.23. The van der Waals surface area contributed by atoms with E-state index in [0.717, 1.165) is 33.4 Å². The van der Waals surface area contributed by atoms with Crippen molar-refractivity contribution in [2.75, 3.05) is 26.8 Å². The zero-order valence-corrected chi connectivity index (χ0v) is 17.6. The van der Waals surface area contributed by atoms with Crippen LogP contribution in [0.3, 0.4) is 0 Å². The third-order valence-electron chi connectivity index (χ3n) is 4.14. The van der Waals surface area contributed by atoms with Gasteiger partial charge in [-0.3, -0.25) is 5.43 Å². The smallest absolute Gasteiger partial charge is 0.203 e. The Hall–Kier alpha value is -3.32. The van der Waals surface area contributed by atoms with Crippen LogP contribution in [0, 0.1) is 0 Å². The van der Waals surface area contributed by atoms with Crippen LogP contribution in [0.1, 0.15) is 12.5 Å². The molecule has 0 fully saturated rings. The summed E-state index contributed by atoms with van der Waals surface area (Å²) in [7, 11) is 4.89. The van der Waals surface area contributed by atoms with E-state index in [2.05, 4.69) is 15.5 Å². The van der Waals surface area contributed by atoms with Gasteiger partial charge in [0.2, 0.25) is 5.13 Å². The Morgan fingerprint density at radius 1 is 1.00 bits per heavy atom. The Labute approximate surface area is 174 Å². The lowest BCUT2D eigenvalue weighted by Crippen LogP contribution is -1.94. The number of thiazole rings is 1. The minimum atomic E-state index is 0.691. The zero-order valence-electron chi connectivity index (χ0n) is 16.8. The largest absolute Gasteiger partial charge is 0.497 e. The molecule has 0 radical (unpaired) electrons. The SMILES string of the molecule is COc1ccc(-c2csc(N/N=C(C)/C=C/c3ccc(OC)c(OC)c3)n2)cc1. The first-order valence-electron chi connectivity index (χ1n) is 8.93. The highest BCUT2D eigenvalue weighted by Crippen LogP contribution is 2.28. The minimum absolute atomic E-state index is 0.691. The Morgan fingerprint density at radius 2 is 1.76 bits per heavy atom. The maximum absolute atomic E-state index is 5.33. The molecule has 6 nitrogen and oxygen atoms in total. The van der Waals surface area contributed by atoms with Crippen molar-refractivity contribution in [1.82, 2.24) is 4.98 Å². The van der Waals surface area contributed by atoms with E-state index in [0.29, 0.717) is 11.5 Å². The molecule has 3 aromatic rings. The van der Waals surface area contributed by atoms with Crippen molar-refractivity contribution in [3.63, 3.8) is 0 Å². The lowest BCUT2D eigenvalue weighted by atomic mass is 10.1. The molecule has 0 atom stereocenters. The van der Waals surface area contributed by atoms with E-state index in [1.165, 1.54) is 11.3 Å². The van der Waals surface area contributed by atoms with E-state index in [4.69, 9.17) is 14.2 Å². The molecule has 0 aliphatic heterocycles. The van der Waals surface area contributed by atoms with Crippen LogP contribution in [0.25, 0.3) is 17.3 Å². The number of nitrogens with zero attached hydrogens (tertiary/aromatic N) is 2. The fraction of sp³-hybridized carbons (Fsp3) is 0.182. The Kier molecular flexibility index (Phi) is 6.86. The molecule has 2 aromatic carbocycles. The van der Waals surface area contributed by atoms with Gasteiger partial charge in [-0.05, 0) is 55.0 Å². The molecular weight excluding hydrogens is 386 g/mol. The summed E-state index contributed by atoms with van der Waals surface area (Å²) in [4.78, 5) is 4.57. The van der Waals surface area contributed by atoms with Crippen molar-refractivity contribution in [3.05, 3.63) is 59.5 Å². The van der Waals surface area contributed by atoms with Gasteiger partial charge in [0.15, 0.2) is 11.5 Å². The molecular formula is C22H23N3O3S. The average molecular weight is 410 g/mol. The van der Waals surface area contributed by atoms with Crippen molar-refractivity contribution < 1.29 is 14.2 Å². The van der Waals surface area contributed by atoms with Crippen molar-refractivity contribution in [1.29, 1.82) is 0 Å². The second-order valence-corrected chi connectivity index (χ2v) is 6.94. The fourth-order valence-electron chi connectivity index (χ4n) is 2.57. The Bertz CT molecular complexity index is 1010. The first kappa shape index (κ1) is 20.4. The number of ether oxygens (including phenoxy) is 3. The van der Waals surface area contributed by atoms with E-state index in [-0.39, 0.29) is 0 Å². The predicted octanol–water partition coefficient (Wildman–Crippen LogP) is 5.34. The second-order valence-electron chi connectivity index (χ2n) is 6.08. The summed E-state index contributed by atoms with van der Waals surface area (Å²) >= 11 is 1.50. The van der Waals surface area contributed by atoms with Crippen LogP contribution >= 0.6 is 11.3 Å². The lowest BCUT2D eigenvalue weighted by Gasteiger charge is -2.07. The molecule has 0 bridgehead atoms. The Morgan fingerprint density at radius 3 is 2.45 bits per heavy atom. The number of nitrogens with one attached hydrogen (secondary N) is 1. The average Bonchev–Trinajstić information content (AvgIpc) is 3.25. The molecule has 0 saturated carbocycles.